The Morgan fingerprint density at radius 1 is 0.844 bits per heavy atom. The fraction of sp³-hybridized carbons (Fsp3) is 0.545. The molecule has 242 valence electrons. The number of carbonyl (C=O) groups is 3. The van der Waals surface area contributed by atoms with Gasteiger partial charge in [0.15, 0.2) is 6.10 Å². The van der Waals surface area contributed by atoms with Crippen LogP contribution in [0, 0.1) is 0 Å². The Kier molecular flexibility index (Phi) is 10.6. The molecule has 10 nitrogen and oxygen atoms in total. The first-order valence-corrected chi connectivity index (χ1v) is 17.7. The van der Waals surface area contributed by atoms with Crippen molar-refractivity contribution in [1.82, 2.24) is 24.9 Å². The number of halogens is 2. The van der Waals surface area contributed by atoms with E-state index in [2.05, 4.69) is 53.5 Å². The van der Waals surface area contributed by atoms with E-state index < -0.39 is 12.2 Å². The number of hydrogen-bond acceptors (Lipinski definition) is 6. The number of piperidine rings is 2. The number of fused-ring (bicyclic) bond motifs is 1. The van der Waals surface area contributed by atoms with E-state index in [0.29, 0.717) is 58.0 Å². The van der Waals surface area contributed by atoms with Crippen molar-refractivity contribution in [3.63, 3.8) is 0 Å². The van der Waals surface area contributed by atoms with Gasteiger partial charge in [0.2, 0.25) is 0 Å². The van der Waals surface area contributed by atoms with Gasteiger partial charge in [0.25, 0.3) is 5.91 Å². The second-order valence-corrected chi connectivity index (χ2v) is 14.1. The fourth-order valence-electron chi connectivity index (χ4n) is 7.04. The van der Waals surface area contributed by atoms with Gasteiger partial charge in [0.1, 0.15) is 0 Å². The van der Waals surface area contributed by atoms with Crippen molar-refractivity contribution >= 4 is 55.6 Å². The molecule has 0 spiro atoms. The summed E-state index contributed by atoms with van der Waals surface area (Å²) < 4.78 is 7.85. The summed E-state index contributed by atoms with van der Waals surface area (Å²) in [4.78, 5) is 48.4. The molecule has 1 atom stereocenters. The SMILES string of the molecule is O=C(O[C@H](Cc1ccc(Br)c(Br)c1)C(=O)N1CCN(C2CCNCC2)CC1)N1CCC(N2CCc3ccccc3NC2=O)CC1. The second-order valence-electron chi connectivity index (χ2n) is 12.4. The molecule has 0 radical (unpaired) electrons. The lowest BCUT2D eigenvalue weighted by atomic mass is 10.0. The molecule has 0 unspecified atom stereocenters. The molecule has 45 heavy (non-hydrogen) atoms. The lowest BCUT2D eigenvalue weighted by molar-refractivity contribution is -0.143. The molecular weight excluding hydrogens is 704 g/mol. The maximum atomic E-state index is 13.9. The van der Waals surface area contributed by atoms with Crippen molar-refractivity contribution in [3.8, 4) is 0 Å². The van der Waals surface area contributed by atoms with E-state index in [1.54, 1.807) is 4.90 Å². The van der Waals surface area contributed by atoms with E-state index in [4.69, 9.17) is 4.74 Å². The second kappa shape index (κ2) is 14.8. The van der Waals surface area contributed by atoms with E-state index in [1.807, 2.05) is 46.2 Å². The van der Waals surface area contributed by atoms with E-state index in [-0.39, 0.29) is 18.0 Å². The molecule has 2 aromatic rings. The summed E-state index contributed by atoms with van der Waals surface area (Å²) in [5, 5.41) is 6.48. The average Bonchev–Trinajstić information content (AvgIpc) is 3.24. The van der Waals surface area contributed by atoms with E-state index in [0.717, 1.165) is 71.2 Å². The molecular formula is C33H42Br2N6O4. The molecule has 6 rings (SSSR count). The zero-order chi connectivity index (χ0) is 31.3. The van der Waals surface area contributed by atoms with Crippen LogP contribution in [0.25, 0.3) is 0 Å². The minimum atomic E-state index is -0.913. The number of rotatable bonds is 6. The first-order valence-electron chi connectivity index (χ1n) is 16.1. The van der Waals surface area contributed by atoms with Crippen LogP contribution < -0.4 is 10.6 Å². The van der Waals surface area contributed by atoms with Gasteiger partial charge in [0, 0.05) is 79.0 Å². The van der Waals surface area contributed by atoms with Crippen LogP contribution in [0.4, 0.5) is 15.3 Å². The Labute approximate surface area is 282 Å². The normalized spacial score (nSPS) is 21.1. The van der Waals surface area contributed by atoms with E-state index in [1.165, 1.54) is 0 Å². The lowest BCUT2D eigenvalue weighted by Gasteiger charge is -2.41. The van der Waals surface area contributed by atoms with Crippen molar-refractivity contribution in [1.29, 1.82) is 0 Å². The number of para-hydroxylation sites is 1. The minimum Gasteiger partial charge on any atom is -0.436 e. The summed E-state index contributed by atoms with van der Waals surface area (Å²) in [7, 11) is 0. The molecule has 2 N–H and O–H groups in total. The number of urea groups is 1. The van der Waals surface area contributed by atoms with Gasteiger partial charge in [-0.05, 0) is 106 Å². The monoisotopic (exact) mass is 744 g/mol. The third-order valence-corrected chi connectivity index (χ3v) is 11.6. The molecule has 0 aliphatic carbocycles. The highest BCUT2D eigenvalue weighted by molar-refractivity contribution is 9.13. The number of amides is 4. The number of benzene rings is 2. The number of hydrogen-bond donors (Lipinski definition) is 2. The summed E-state index contributed by atoms with van der Waals surface area (Å²) in [5.74, 6) is -0.136. The third kappa shape index (κ3) is 7.84. The zero-order valence-corrected chi connectivity index (χ0v) is 28.7. The molecule has 0 saturated carbocycles. The summed E-state index contributed by atoms with van der Waals surface area (Å²) >= 11 is 7.08. The number of carbonyl (C=O) groups excluding carboxylic acids is 3. The van der Waals surface area contributed by atoms with Crippen molar-refractivity contribution in [2.75, 3.05) is 64.2 Å². The van der Waals surface area contributed by atoms with Gasteiger partial charge in [-0.1, -0.05) is 24.3 Å². The standard InChI is InChI=1S/C33H42Br2N6O4/c34-27-6-5-23(21-28(27)35)22-30(31(42)39-19-17-38(18-20-39)25-7-12-36-13-8-25)45-33(44)40-14-10-26(11-15-40)41-16-9-24-3-1-2-4-29(24)37-32(41)43/h1-6,21,25-26,30,36H,7-20,22H2,(H,37,43)/t30-/m1/s1. The van der Waals surface area contributed by atoms with Crippen molar-refractivity contribution in [2.24, 2.45) is 0 Å². The third-order valence-electron chi connectivity index (χ3n) is 9.68. The van der Waals surface area contributed by atoms with Crippen LogP contribution in [-0.2, 0) is 22.4 Å². The predicted octanol–water partition coefficient (Wildman–Crippen LogP) is 4.71. The summed E-state index contributed by atoms with van der Waals surface area (Å²) in [6.07, 6.45) is 3.31. The van der Waals surface area contributed by atoms with Crippen molar-refractivity contribution in [2.45, 2.75) is 56.7 Å². The van der Waals surface area contributed by atoms with Crippen LogP contribution in [0.15, 0.2) is 51.4 Å². The van der Waals surface area contributed by atoms with Crippen LogP contribution in [0.3, 0.4) is 0 Å². The Morgan fingerprint density at radius 3 is 2.31 bits per heavy atom. The quantitative estimate of drug-likeness (QED) is 0.445. The summed E-state index contributed by atoms with van der Waals surface area (Å²) in [5.41, 5.74) is 2.92. The van der Waals surface area contributed by atoms with Gasteiger partial charge >= 0.3 is 12.1 Å². The smallest absolute Gasteiger partial charge is 0.410 e. The largest absolute Gasteiger partial charge is 0.436 e. The maximum Gasteiger partial charge on any atom is 0.410 e. The molecule has 3 fully saturated rings. The highest BCUT2D eigenvalue weighted by atomic mass is 79.9. The van der Waals surface area contributed by atoms with Crippen LogP contribution >= 0.6 is 31.9 Å². The number of likely N-dealkylation sites (tertiary alicyclic amines) is 1. The molecule has 4 amide bonds. The van der Waals surface area contributed by atoms with Gasteiger partial charge in [-0.25, -0.2) is 9.59 Å². The summed E-state index contributed by atoms with van der Waals surface area (Å²) in [6.45, 7) is 6.61. The van der Waals surface area contributed by atoms with Crippen molar-refractivity contribution < 1.29 is 19.1 Å². The first-order chi connectivity index (χ1) is 21.9. The molecule has 4 aliphatic rings. The molecule has 0 bridgehead atoms. The number of piperazine rings is 1. The van der Waals surface area contributed by atoms with Gasteiger partial charge in [0.05, 0.1) is 0 Å². The van der Waals surface area contributed by atoms with Crippen LogP contribution in [0.1, 0.15) is 36.8 Å². The topological polar surface area (TPSA) is 97.5 Å². The average molecular weight is 747 g/mol. The fourth-order valence-corrected chi connectivity index (χ4v) is 7.71. The van der Waals surface area contributed by atoms with E-state index >= 15 is 0 Å². The van der Waals surface area contributed by atoms with Gasteiger partial charge in [-0.2, -0.15) is 0 Å². The van der Waals surface area contributed by atoms with E-state index in [9.17, 15) is 14.4 Å². The van der Waals surface area contributed by atoms with Gasteiger partial charge in [-0.15, -0.1) is 0 Å². The Morgan fingerprint density at radius 2 is 1.58 bits per heavy atom. The molecule has 2 aromatic carbocycles. The lowest BCUT2D eigenvalue weighted by Crippen LogP contribution is -2.56. The van der Waals surface area contributed by atoms with Gasteiger partial charge in [-0.3, -0.25) is 9.69 Å². The molecule has 12 heteroatoms. The number of ether oxygens (including phenoxy) is 1. The Hall–Kier alpha value is -2.67. The van der Waals surface area contributed by atoms with Crippen LogP contribution in [-0.4, -0.2) is 115 Å². The molecule has 4 heterocycles. The maximum absolute atomic E-state index is 13.9. The van der Waals surface area contributed by atoms with Crippen LogP contribution in [0.2, 0.25) is 0 Å². The highest BCUT2D eigenvalue weighted by Gasteiger charge is 2.36. The van der Waals surface area contributed by atoms with Gasteiger partial charge < -0.3 is 30.1 Å². The molecule has 3 saturated heterocycles. The molecule has 0 aromatic heterocycles. The zero-order valence-electron chi connectivity index (χ0n) is 25.6. The Balaban J connectivity index is 1.07. The number of nitrogens with zero attached hydrogens (tertiary/aromatic N) is 4. The Bertz CT molecular complexity index is 1370. The molecule has 4 aliphatic heterocycles. The number of anilines is 1. The predicted molar refractivity (Wildman–Crippen MR) is 180 cm³/mol. The minimum absolute atomic E-state index is 0.0390. The summed E-state index contributed by atoms with van der Waals surface area (Å²) in [6, 6.07) is 14.3. The highest BCUT2D eigenvalue weighted by Crippen LogP contribution is 2.27. The number of nitrogens with one attached hydrogen (secondary N) is 2. The first kappa shape index (κ1) is 32.3. The van der Waals surface area contributed by atoms with Crippen molar-refractivity contribution in [3.05, 3.63) is 62.5 Å². The van der Waals surface area contributed by atoms with Crippen LogP contribution in [0.5, 0.6) is 0 Å².